The van der Waals surface area contributed by atoms with Crippen molar-refractivity contribution in [1.29, 1.82) is 5.26 Å². The number of nitriles is 1. The van der Waals surface area contributed by atoms with Crippen LogP contribution in [0.5, 0.6) is 0 Å². The van der Waals surface area contributed by atoms with E-state index in [1.165, 1.54) is 17.7 Å². The lowest BCUT2D eigenvalue weighted by molar-refractivity contribution is -0.138. The zero-order valence-corrected chi connectivity index (χ0v) is 16.6. The summed E-state index contributed by atoms with van der Waals surface area (Å²) >= 11 is 0. The van der Waals surface area contributed by atoms with E-state index in [1.807, 2.05) is 18.2 Å². The summed E-state index contributed by atoms with van der Waals surface area (Å²) < 4.78 is 39.8. The summed E-state index contributed by atoms with van der Waals surface area (Å²) in [7, 11) is 0. The first-order valence-electron chi connectivity index (χ1n) is 10.0. The van der Waals surface area contributed by atoms with Crippen LogP contribution in [0.15, 0.2) is 48.5 Å². The maximum absolute atomic E-state index is 13.3. The van der Waals surface area contributed by atoms with Crippen LogP contribution in [-0.4, -0.2) is 30.4 Å². The van der Waals surface area contributed by atoms with Gasteiger partial charge in [0.2, 0.25) is 5.91 Å². The fourth-order valence-electron chi connectivity index (χ4n) is 3.74. The Balaban J connectivity index is 1.49. The minimum Gasteiger partial charge on any atom is -0.352 e. The average molecular weight is 415 g/mol. The van der Waals surface area contributed by atoms with Gasteiger partial charge in [-0.1, -0.05) is 36.4 Å². The maximum atomic E-state index is 13.3. The standard InChI is InChI=1S/C23H24F3N3O/c24-23(25,26)21-14-18(15-27)6-7-20(21)16-28-22(30)19-9-12-29(13-10-19)11-8-17-4-2-1-3-5-17/h1-7,14,19H,8-13,16H2,(H,28,30). The van der Waals surface area contributed by atoms with E-state index in [-0.39, 0.29) is 29.5 Å². The minimum absolute atomic E-state index is 0.0323. The van der Waals surface area contributed by atoms with Crippen molar-refractivity contribution in [3.8, 4) is 6.07 Å². The Kier molecular flexibility index (Phi) is 7.11. The number of hydrogen-bond donors (Lipinski definition) is 1. The second-order valence-electron chi connectivity index (χ2n) is 7.55. The summed E-state index contributed by atoms with van der Waals surface area (Å²) in [4.78, 5) is 14.8. The summed E-state index contributed by atoms with van der Waals surface area (Å²) in [5.74, 6) is -0.402. The molecule has 7 heteroatoms. The normalized spacial score (nSPS) is 15.5. The zero-order chi connectivity index (χ0) is 21.6. The fourth-order valence-corrected chi connectivity index (χ4v) is 3.74. The van der Waals surface area contributed by atoms with Gasteiger partial charge in [0.15, 0.2) is 0 Å². The topological polar surface area (TPSA) is 56.1 Å². The van der Waals surface area contributed by atoms with E-state index in [1.54, 1.807) is 6.07 Å². The van der Waals surface area contributed by atoms with Gasteiger partial charge in [0.25, 0.3) is 0 Å². The number of alkyl halides is 3. The highest BCUT2D eigenvalue weighted by Gasteiger charge is 2.34. The largest absolute Gasteiger partial charge is 0.416 e. The van der Waals surface area contributed by atoms with Crippen LogP contribution in [0.25, 0.3) is 0 Å². The number of likely N-dealkylation sites (tertiary alicyclic amines) is 1. The molecule has 1 saturated heterocycles. The van der Waals surface area contributed by atoms with E-state index in [0.717, 1.165) is 32.1 Å². The number of halogens is 3. The molecule has 3 rings (SSSR count). The van der Waals surface area contributed by atoms with Crippen LogP contribution in [0.3, 0.4) is 0 Å². The SMILES string of the molecule is N#Cc1ccc(CNC(=O)C2CCN(CCc3ccccc3)CC2)c(C(F)(F)F)c1. The smallest absolute Gasteiger partial charge is 0.352 e. The van der Waals surface area contributed by atoms with Crippen LogP contribution in [0.2, 0.25) is 0 Å². The molecular formula is C23H24F3N3O. The average Bonchev–Trinajstić information content (AvgIpc) is 2.76. The summed E-state index contributed by atoms with van der Waals surface area (Å²) in [5, 5.41) is 11.5. The van der Waals surface area contributed by atoms with Gasteiger partial charge in [-0.15, -0.1) is 0 Å². The number of benzene rings is 2. The highest BCUT2D eigenvalue weighted by Crippen LogP contribution is 2.32. The Hall–Kier alpha value is -2.85. The lowest BCUT2D eigenvalue weighted by atomic mass is 9.95. The van der Waals surface area contributed by atoms with E-state index in [2.05, 4.69) is 22.3 Å². The van der Waals surface area contributed by atoms with Gasteiger partial charge < -0.3 is 10.2 Å². The Morgan fingerprint density at radius 1 is 1.13 bits per heavy atom. The van der Waals surface area contributed by atoms with Gasteiger partial charge in [-0.2, -0.15) is 18.4 Å². The van der Waals surface area contributed by atoms with Gasteiger partial charge in [-0.3, -0.25) is 4.79 Å². The summed E-state index contributed by atoms with van der Waals surface area (Å²) in [6.45, 7) is 2.33. The maximum Gasteiger partial charge on any atom is 0.416 e. The molecule has 0 aromatic heterocycles. The Bertz CT molecular complexity index is 898. The summed E-state index contributed by atoms with van der Waals surface area (Å²) in [6.07, 6.45) is -2.23. The summed E-state index contributed by atoms with van der Waals surface area (Å²) in [6, 6.07) is 15.4. The van der Waals surface area contributed by atoms with Crippen LogP contribution in [0.4, 0.5) is 13.2 Å². The highest BCUT2D eigenvalue weighted by atomic mass is 19.4. The molecule has 2 aromatic carbocycles. The minimum atomic E-state index is -4.57. The van der Waals surface area contributed by atoms with Crippen molar-refractivity contribution in [2.45, 2.75) is 32.0 Å². The van der Waals surface area contributed by atoms with Crippen molar-refractivity contribution in [3.63, 3.8) is 0 Å². The molecule has 0 spiro atoms. The molecule has 158 valence electrons. The van der Waals surface area contributed by atoms with E-state index < -0.39 is 11.7 Å². The summed E-state index contributed by atoms with van der Waals surface area (Å²) in [5.41, 5.74) is 0.313. The molecule has 4 nitrogen and oxygen atoms in total. The molecule has 1 amide bonds. The molecule has 30 heavy (non-hydrogen) atoms. The number of piperidine rings is 1. The molecule has 0 radical (unpaired) electrons. The lowest BCUT2D eigenvalue weighted by Gasteiger charge is -2.31. The monoisotopic (exact) mass is 415 g/mol. The van der Waals surface area contributed by atoms with Gasteiger partial charge in [-0.25, -0.2) is 0 Å². The van der Waals surface area contributed by atoms with Crippen LogP contribution in [0, 0.1) is 17.2 Å². The number of hydrogen-bond acceptors (Lipinski definition) is 3. The van der Waals surface area contributed by atoms with E-state index in [4.69, 9.17) is 5.26 Å². The van der Waals surface area contributed by atoms with Gasteiger partial charge in [-0.05, 0) is 55.6 Å². The first-order valence-corrected chi connectivity index (χ1v) is 10.0. The quantitative estimate of drug-likeness (QED) is 0.771. The Morgan fingerprint density at radius 3 is 2.47 bits per heavy atom. The third-order valence-corrected chi connectivity index (χ3v) is 5.52. The fraction of sp³-hybridized carbons (Fsp3) is 0.391. The van der Waals surface area contributed by atoms with E-state index >= 15 is 0 Å². The molecule has 0 unspecified atom stereocenters. The first-order chi connectivity index (χ1) is 14.4. The van der Waals surface area contributed by atoms with Crippen LogP contribution >= 0.6 is 0 Å². The van der Waals surface area contributed by atoms with Crippen molar-refractivity contribution in [1.82, 2.24) is 10.2 Å². The second-order valence-corrected chi connectivity index (χ2v) is 7.55. The number of nitrogens with one attached hydrogen (secondary N) is 1. The van der Waals surface area contributed by atoms with Crippen molar-refractivity contribution in [2.24, 2.45) is 5.92 Å². The molecule has 1 fully saturated rings. The number of nitrogens with zero attached hydrogens (tertiary/aromatic N) is 2. The third kappa shape index (κ3) is 5.83. The molecule has 0 atom stereocenters. The highest BCUT2D eigenvalue weighted by molar-refractivity contribution is 5.78. The lowest BCUT2D eigenvalue weighted by Crippen LogP contribution is -2.41. The van der Waals surface area contributed by atoms with Gasteiger partial charge >= 0.3 is 6.18 Å². The van der Waals surface area contributed by atoms with Crippen molar-refractivity contribution < 1.29 is 18.0 Å². The molecule has 1 heterocycles. The van der Waals surface area contributed by atoms with Gasteiger partial charge in [0, 0.05) is 19.0 Å². The molecule has 0 aliphatic carbocycles. The Labute approximate surface area is 174 Å². The van der Waals surface area contributed by atoms with Crippen LogP contribution in [-0.2, 0) is 23.9 Å². The molecular weight excluding hydrogens is 391 g/mol. The first kappa shape index (κ1) is 21.8. The zero-order valence-electron chi connectivity index (χ0n) is 16.6. The van der Waals surface area contributed by atoms with Crippen LogP contribution < -0.4 is 5.32 Å². The predicted octanol–water partition coefficient (Wildman–Crippen LogP) is 4.15. The molecule has 0 bridgehead atoms. The molecule has 1 N–H and O–H groups in total. The predicted molar refractivity (Wildman–Crippen MR) is 107 cm³/mol. The van der Waals surface area contributed by atoms with E-state index in [9.17, 15) is 18.0 Å². The van der Waals surface area contributed by atoms with E-state index in [0.29, 0.717) is 12.8 Å². The molecule has 1 aliphatic heterocycles. The van der Waals surface area contributed by atoms with Crippen molar-refractivity contribution in [2.75, 3.05) is 19.6 Å². The van der Waals surface area contributed by atoms with Crippen molar-refractivity contribution in [3.05, 3.63) is 70.8 Å². The number of amides is 1. The van der Waals surface area contributed by atoms with Gasteiger partial charge in [0.05, 0.1) is 17.2 Å². The number of carbonyl (C=O) groups is 1. The molecule has 2 aromatic rings. The third-order valence-electron chi connectivity index (χ3n) is 5.52. The molecule has 0 saturated carbocycles. The van der Waals surface area contributed by atoms with Gasteiger partial charge in [0.1, 0.15) is 0 Å². The number of carbonyl (C=O) groups excluding carboxylic acids is 1. The second kappa shape index (κ2) is 9.77. The van der Waals surface area contributed by atoms with Crippen molar-refractivity contribution >= 4 is 5.91 Å². The van der Waals surface area contributed by atoms with Crippen LogP contribution in [0.1, 0.15) is 35.1 Å². The molecule has 1 aliphatic rings. The number of rotatable bonds is 6. The Morgan fingerprint density at radius 2 is 1.83 bits per heavy atom.